The third-order valence-electron chi connectivity index (χ3n) is 7.04. The molecule has 0 bridgehead atoms. The number of hydrogen-bond acceptors (Lipinski definition) is 5. The summed E-state index contributed by atoms with van der Waals surface area (Å²) in [5.41, 5.74) is 0.653. The fraction of sp³-hybridized carbons (Fsp3) is 0.393. The Bertz CT molecular complexity index is 1360. The number of piperidine rings is 1. The average molecular weight is 563 g/mol. The normalized spacial score (nSPS) is 18.0. The third kappa shape index (κ3) is 6.18. The quantitative estimate of drug-likeness (QED) is 0.416. The Morgan fingerprint density at radius 1 is 1.05 bits per heavy atom. The highest BCUT2D eigenvalue weighted by Crippen LogP contribution is 2.38. The van der Waals surface area contributed by atoms with E-state index in [4.69, 9.17) is 11.6 Å². The molecule has 2 aliphatic heterocycles. The molecule has 0 atom stereocenters. The summed E-state index contributed by atoms with van der Waals surface area (Å²) in [5, 5.41) is 14.6. The molecule has 0 unspecified atom stereocenters. The molecule has 0 spiro atoms. The van der Waals surface area contributed by atoms with Crippen molar-refractivity contribution < 1.29 is 27.9 Å². The van der Waals surface area contributed by atoms with Crippen LogP contribution < -0.4 is 10.2 Å². The first-order chi connectivity index (χ1) is 18.5. The number of anilines is 1. The molecule has 2 saturated heterocycles. The molecular formula is C28H30ClF3N4O3. The van der Waals surface area contributed by atoms with Crippen molar-refractivity contribution in [1.29, 1.82) is 0 Å². The van der Waals surface area contributed by atoms with Crippen molar-refractivity contribution in [3.05, 3.63) is 70.4 Å². The number of nitrogens with zero attached hydrogens (tertiary/aromatic N) is 3. The number of aromatic nitrogens is 1. The lowest BCUT2D eigenvalue weighted by molar-refractivity contribution is -0.137. The van der Waals surface area contributed by atoms with Gasteiger partial charge in [-0.15, -0.1) is 0 Å². The van der Waals surface area contributed by atoms with Gasteiger partial charge in [0.1, 0.15) is 0 Å². The zero-order valence-corrected chi connectivity index (χ0v) is 22.4. The molecule has 39 heavy (non-hydrogen) atoms. The monoisotopic (exact) mass is 562 g/mol. The summed E-state index contributed by atoms with van der Waals surface area (Å²) in [7, 11) is 0. The molecule has 7 nitrogen and oxygen atoms in total. The van der Waals surface area contributed by atoms with Gasteiger partial charge < -0.3 is 5.11 Å². The maximum atomic E-state index is 12.8. The van der Waals surface area contributed by atoms with E-state index in [1.807, 2.05) is 19.9 Å². The number of carbonyl (C=O) groups is 2. The number of likely N-dealkylation sites (tertiary alicyclic amines) is 1. The number of hydrogen-bond donors (Lipinski definition) is 2. The van der Waals surface area contributed by atoms with Crippen LogP contribution in [0.15, 0.2) is 48.7 Å². The van der Waals surface area contributed by atoms with Crippen molar-refractivity contribution >= 4 is 40.1 Å². The van der Waals surface area contributed by atoms with Crippen LogP contribution in [0, 0.1) is 0 Å². The molecular weight excluding hydrogens is 533 g/mol. The van der Waals surface area contributed by atoms with E-state index < -0.39 is 23.4 Å². The van der Waals surface area contributed by atoms with E-state index in [-0.39, 0.29) is 18.9 Å². The predicted octanol–water partition coefficient (Wildman–Crippen LogP) is 5.86. The van der Waals surface area contributed by atoms with Gasteiger partial charge in [0.05, 0.1) is 33.6 Å². The zero-order valence-electron chi connectivity index (χ0n) is 21.7. The lowest BCUT2D eigenvalue weighted by Crippen LogP contribution is -2.49. The lowest BCUT2D eigenvalue weighted by atomic mass is 9.83. The molecule has 2 aromatic carbocycles. The van der Waals surface area contributed by atoms with Crippen LogP contribution in [0.25, 0.3) is 10.9 Å². The van der Waals surface area contributed by atoms with Gasteiger partial charge >= 0.3 is 12.2 Å². The third-order valence-corrected chi connectivity index (χ3v) is 7.43. The molecule has 3 heterocycles. The van der Waals surface area contributed by atoms with E-state index >= 15 is 0 Å². The fourth-order valence-corrected chi connectivity index (χ4v) is 5.15. The maximum absolute atomic E-state index is 12.8. The first kappa shape index (κ1) is 28.8. The van der Waals surface area contributed by atoms with Gasteiger partial charge in [-0.05, 0) is 48.2 Å². The van der Waals surface area contributed by atoms with Crippen molar-refractivity contribution in [2.45, 2.75) is 51.4 Å². The largest absolute Gasteiger partial charge is 0.416 e. The molecule has 2 fully saturated rings. The van der Waals surface area contributed by atoms with Gasteiger partial charge in [-0.25, -0.2) is 4.79 Å². The standard InChI is InChI=1S/C26H24ClF3N4O3.C2H6/c27-23-19-13-18(5-6-20(19)31-14-21(23)34-10-7-22(35)32-24(34)36)25(37)8-11-33(12-9-25)15-16-1-3-17(4-2-16)26(28,29)30;1-2/h1-6,13-14,37H,7-12,15H2,(H,32,35,36);1-2H3. The van der Waals surface area contributed by atoms with E-state index in [1.165, 1.54) is 23.2 Å². The number of benzene rings is 2. The Morgan fingerprint density at radius 3 is 2.33 bits per heavy atom. The number of pyridine rings is 1. The maximum Gasteiger partial charge on any atom is 0.416 e. The van der Waals surface area contributed by atoms with Gasteiger partial charge in [-0.1, -0.05) is 43.6 Å². The second-order valence-electron chi connectivity index (χ2n) is 9.45. The van der Waals surface area contributed by atoms with E-state index in [0.29, 0.717) is 59.7 Å². The molecule has 0 saturated carbocycles. The molecule has 208 valence electrons. The Balaban J connectivity index is 0.00000172. The molecule has 3 aromatic rings. The van der Waals surface area contributed by atoms with Gasteiger partial charge in [0.25, 0.3) is 0 Å². The first-order valence-electron chi connectivity index (χ1n) is 12.8. The van der Waals surface area contributed by atoms with Crippen LogP contribution in [0.1, 0.15) is 49.8 Å². The number of urea groups is 1. The van der Waals surface area contributed by atoms with Crippen LogP contribution in [0.2, 0.25) is 5.02 Å². The molecule has 2 N–H and O–H groups in total. The Kier molecular flexibility index (Phi) is 8.48. The molecule has 1 aromatic heterocycles. The van der Waals surface area contributed by atoms with Crippen LogP contribution >= 0.6 is 11.6 Å². The summed E-state index contributed by atoms with van der Waals surface area (Å²) < 4.78 is 38.4. The van der Waals surface area contributed by atoms with Crippen LogP contribution in [0.3, 0.4) is 0 Å². The lowest BCUT2D eigenvalue weighted by Gasteiger charge is -2.38. The Morgan fingerprint density at radius 2 is 1.72 bits per heavy atom. The number of aliphatic hydroxyl groups is 1. The summed E-state index contributed by atoms with van der Waals surface area (Å²) in [4.78, 5) is 31.7. The summed E-state index contributed by atoms with van der Waals surface area (Å²) in [5.74, 6) is -0.347. The van der Waals surface area contributed by atoms with E-state index in [9.17, 15) is 27.9 Å². The smallest absolute Gasteiger partial charge is 0.385 e. The van der Waals surface area contributed by atoms with Crippen molar-refractivity contribution in [3.8, 4) is 0 Å². The second-order valence-corrected chi connectivity index (χ2v) is 9.82. The Hall–Kier alpha value is -3.21. The minimum atomic E-state index is -4.36. The topological polar surface area (TPSA) is 85.8 Å². The van der Waals surface area contributed by atoms with E-state index in [0.717, 1.165) is 17.7 Å². The van der Waals surface area contributed by atoms with Crippen molar-refractivity contribution in [3.63, 3.8) is 0 Å². The van der Waals surface area contributed by atoms with Crippen LogP contribution in [0.5, 0.6) is 0 Å². The minimum absolute atomic E-state index is 0.156. The predicted molar refractivity (Wildman–Crippen MR) is 143 cm³/mol. The van der Waals surface area contributed by atoms with Crippen LogP contribution in [0.4, 0.5) is 23.7 Å². The molecule has 11 heteroatoms. The fourth-order valence-electron chi connectivity index (χ4n) is 4.85. The number of halogens is 4. The number of rotatable bonds is 4. The SMILES string of the molecule is CC.O=C1CCN(c2cnc3ccc(C4(O)CCN(Cc5ccc(C(F)(F)F)cc5)CC4)cc3c2Cl)C(=O)N1. The zero-order chi connectivity index (χ0) is 28.4. The number of carbonyl (C=O) groups excluding carboxylic acids is 2. The second kappa shape index (κ2) is 11.5. The molecule has 5 rings (SSSR count). The number of fused-ring (bicyclic) bond motifs is 1. The van der Waals surface area contributed by atoms with Gasteiger partial charge in [-0.3, -0.25) is 24.9 Å². The van der Waals surface area contributed by atoms with Crippen LogP contribution in [-0.2, 0) is 23.1 Å². The number of imide groups is 1. The average Bonchev–Trinajstić information content (AvgIpc) is 2.92. The van der Waals surface area contributed by atoms with Crippen molar-refractivity contribution in [2.75, 3.05) is 24.5 Å². The van der Waals surface area contributed by atoms with Gasteiger partial charge in [0.2, 0.25) is 5.91 Å². The summed E-state index contributed by atoms with van der Waals surface area (Å²) >= 11 is 6.68. The molecule has 0 radical (unpaired) electrons. The highest BCUT2D eigenvalue weighted by atomic mass is 35.5. The van der Waals surface area contributed by atoms with E-state index in [1.54, 1.807) is 12.1 Å². The van der Waals surface area contributed by atoms with Crippen molar-refractivity contribution in [1.82, 2.24) is 15.2 Å². The van der Waals surface area contributed by atoms with Gasteiger partial charge in [0, 0.05) is 38.0 Å². The minimum Gasteiger partial charge on any atom is -0.385 e. The first-order valence-corrected chi connectivity index (χ1v) is 13.2. The molecule has 2 aliphatic rings. The highest BCUT2D eigenvalue weighted by molar-refractivity contribution is 6.38. The highest BCUT2D eigenvalue weighted by Gasteiger charge is 2.35. The summed E-state index contributed by atoms with van der Waals surface area (Å²) in [6.45, 7) is 5.80. The number of alkyl halides is 3. The number of nitrogens with one attached hydrogen (secondary N) is 1. The molecule has 0 aliphatic carbocycles. The summed E-state index contributed by atoms with van der Waals surface area (Å²) in [6, 6.07) is 9.94. The Labute approximate surface area is 229 Å². The number of amides is 3. The van der Waals surface area contributed by atoms with E-state index in [2.05, 4.69) is 15.2 Å². The summed E-state index contributed by atoms with van der Waals surface area (Å²) in [6.07, 6.45) is -1.85. The molecule has 3 amide bonds. The van der Waals surface area contributed by atoms with Crippen molar-refractivity contribution in [2.24, 2.45) is 0 Å². The van der Waals surface area contributed by atoms with Crippen LogP contribution in [-0.4, -0.2) is 46.6 Å². The van der Waals surface area contributed by atoms with Gasteiger partial charge in [-0.2, -0.15) is 13.2 Å². The van der Waals surface area contributed by atoms with Gasteiger partial charge in [0.15, 0.2) is 0 Å².